The third-order valence-electron chi connectivity index (χ3n) is 6.96. The molecule has 4 saturated carbocycles. The van der Waals surface area contributed by atoms with Crippen molar-refractivity contribution in [3.05, 3.63) is 42.5 Å². The van der Waals surface area contributed by atoms with Crippen molar-refractivity contribution in [2.75, 3.05) is 4.72 Å². The highest BCUT2D eigenvalue weighted by Crippen LogP contribution is 2.57. The minimum Gasteiger partial charge on any atom is -0.456 e. The number of para-hydroxylation sites is 1. The molecule has 0 aliphatic heterocycles. The fourth-order valence-corrected chi connectivity index (χ4v) is 7.98. The Kier molecular flexibility index (Phi) is 3.14. The van der Waals surface area contributed by atoms with Crippen molar-refractivity contribution in [1.29, 1.82) is 0 Å². The van der Waals surface area contributed by atoms with E-state index in [1.54, 1.807) is 0 Å². The zero-order chi connectivity index (χ0) is 17.3. The van der Waals surface area contributed by atoms with Crippen molar-refractivity contribution in [2.45, 2.75) is 43.3 Å². The van der Waals surface area contributed by atoms with Crippen LogP contribution in [0.3, 0.4) is 0 Å². The molecule has 1 heterocycles. The summed E-state index contributed by atoms with van der Waals surface area (Å²) in [5.41, 5.74) is 2.67. The molecule has 1 aromatic heterocycles. The SMILES string of the molecule is O=S(Nc1ccc2c(c1)oc1ccccc12)C12CC3CC(CC(C3)C1)C2. The molecular formula is C22H23NO2S. The standard InChI is InChI=1S/C22H23NO2S/c24-26(22-11-14-7-15(12-22)9-16(8-14)13-22)23-17-5-6-19-18-3-1-2-4-20(18)25-21(19)10-17/h1-6,10,14-16,23H,7-9,11-13H2. The number of rotatable bonds is 3. The van der Waals surface area contributed by atoms with E-state index in [1.165, 1.54) is 19.3 Å². The molecule has 3 aromatic rings. The van der Waals surface area contributed by atoms with E-state index in [1.807, 2.05) is 30.3 Å². The zero-order valence-corrected chi connectivity index (χ0v) is 15.6. The summed E-state index contributed by atoms with van der Waals surface area (Å²) in [6, 6.07) is 14.2. The van der Waals surface area contributed by atoms with Gasteiger partial charge in [-0.1, -0.05) is 18.2 Å². The van der Waals surface area contributed by atoms with Gasteiger partial charge in [0, 0.05) is 16.8 Å². The van der Waals surface area contributed by atoms with E-state index in [9.17, 15) is 4.21 Å². The van der Waals surface area contributed by atoms with Crippen LogP contribution in [0.1, 0.15) is 38.5 Å². The minimum atomic E-state index is -1.03. The first kappa shape index (κ1) is 15.3. The van der Waals surface area contributed by atoms with Crippen molar-refractivity contribution in [3.63, 3.8) is 0 Å². The quantitative estimate of drug-likeness (QED) is 0.653. The van der Waals surface area contributed by atoms with Crippen LogP contribution in [0.4, 0.5) is 5.69 Å². The molecule has 0 amide bonds. The lowest BCUT2D eigenvalue weighted by Gasteiger charge is -2.55. The Morgan fingerprint density at radius 3 is 2.27 bits per heavy atom. The molecule has 0 spiro atoms. The van der Waals surface area contributed by atoms with Crippen LogP contribution in [0.25, 0.3) is 21.9 Å². The molecule has 7 rings (SSSR count). The van der Waals surface area contributed by atoms with Gasteiger partial charge in [0.25, 0.3) is 0 Å². The fourth-order valence-electron chi connectivity index (χ4n) is 6.26. The molecule has 4 heteroatoms. The van der Waals surface area contributed by atoms with Crippen LogP contribution in [0.15, 0.2) is 46.9 Å². The summed E-state index contributed by atoms with van der Waals surface area (Å²) in [7, 11) is -1.03. The number of hydrogen-bond acceptors (Lipinski definition) is 2. The van der Waals surface area contributed by atoms with Gasteiger partial charge >= 0.3 is 0 Å². The molecule has 1 unspecified atom stereocenters. The molecule has 4 bridgehead atoms. The summed E-state index contributed by atoms with van der Waals surface area (Å²) >= 11 is 0. The average molecular weight is 365 g/mol. The Morgan fingerprint density at radius 2 is 1.54 bits per heavy atom. The van der Waals surface area contributed by atoms with Crippen molar-refractivity contribution in [3.8, 4) is 0 Å². The van der Waals surface area contributed by atoms with Gasteiger partial charge in [-0.3, -0.25) is 0 Å². The van der Waals surface area contributed by atoms with Gasteiger partial charge < -0.3 is 9.14 Å². The van der Waals surface area contributed by atoms with Crippen molar-refractivity contribution in [1.82, 2.24) is 0 Å². The van der Waals surface area contributed by atoms with Crippen LogP contribution in [-0.4, -0.2) is 8.96 Å². The lowest BCUT2D eigenvalue weighted by Crippen LogP contribution is -2.54. The van der Waals surface area contributed by atoms with E-state index in [2.05, 4.69) is 16.9 Å². The molecule has 134 valence electrons. The van der Waals surface area contributed by atoms with Gasteiger partial charge in [-0.05, 0) is 74.5 Å². The lowest BCUT2D eigenvalue weighted by molar-refractivity contribution is 0.0363. The maximum atomic E-state index is 13.3. The summed E-state index contributed by atoms with van der Waals surface area (Å²) in [5.74, 6) is 2.43. The summed E-state index contributed by atoms with van der Waals surface area (Å²) in [6.45, 7) is 0. The van der Waals surface area contributed by atoms with Crippen molar-refractivity contribution < 1.29 is 8.63 Å². The molecule has 4 fully saturated rings. The molecule has 4 aliphatic carbocycles. The van der Waals surface area contributed by atoms with Crippen LogP contribution in [0, 0.1) is 17.8 Å². The number of benzene rings is 2. The Labute approximate surface area is 155 Å². The minimum absolute atomic E-state index is 0.00240. The summed E-state index contributed by atoms with van der Waals surface area (Å²) < 4.78 is 22.7. The van der Waals surface area contributed by atoms with Crippen molar-refractivity contribution >= 4 is 38.6 Å². The molecule has 1 N–H and O–H groups in total. The van der Waals surface area contributed by atoms with E-state index < -0.39 is 11.0 Å². The van der Waals surface area contributed by atoms with Crippen LogP contribution >= 0.6 is 0 Å². The lowest BCUT2D eigenvalue weighted by atomic mass is 9.56. The summed E-state index contributed by atoms with van der Waals surface area (Å²) in [5, 5.41) is 2.25. The predicted molar refractivity (Wildman–Crippen MR) is 106 cm³/mol. The zero-order valence-electron chi connectivity index (χ0n) is 14.7. The number of fused-ring (bicyclic) bond motifs is 3. The highest BCUT2D eigenvalue weighted by atomic mass is 32.2. The number of furan rings is 1. The average Bonchev–Trinajstić information content (AvgIpc) is 2.98. The van der Waals surface area contributed by atoms with Gasteiger partial charge in [0.15, 0.2) is 0 Å². The molecule has 2 aromatic carbocycles. The normalized spacial score (nSPS) is 33.8. The highest BCUT2D eigenvalue weighted by Gasteiger charge is 2.54. The Bertz CT molecular complexity index is 1000. The second-order valence-corrected chi connectivity index (χ2v) is 10.4. The van der Waals surface area contributed by atoms with Gasteiger partial charge in [-0.2, -0.15) is 0 Å². The van der Waals surface area contributed by atoms with E-state index in [0.717, 1.165) is 64.6 Å². The summed E-state index contributed by atoms with van der Waals surface area (Å²) in [6.07, 6.45) is 7.56. The van der Waals surface area contributed by atoms with Crippen LogP contribution < -0.4 is 4.72 Å². The molecule has 26 heavy (non-hydrogen) atoms. The molecule has 0 radical (unpaired) electrons. The smallest absolute Gasteiger partial charge is 0.137 e. The molecule has 0 saturated heterocycles. The Morgan fingerprint density at radius 1 is 0.885 bits per heavy atom. The Balaban J connectivity index is 1.32. The van der Waals surface area contributed by atoms with Gasteiger partial charge in [-0.25, -0.2) is 4.21 Å². The third-order valence-corrected chi connectivity index (χ3v) is 8.67. The van der Waals surface area contributed by atoms with Gasteiger partial charge in [-0.15, -0.1) is 0 Å². The van der Waals surface area contributed by atoms with E-state index >= 15 is 0 Å². The predicted octanol–water partition coefficient (Wildman–Crippen LogP) is 5.63. The fraction of sp³-hybridized carbons (Fsp3) is 0.455. The first-order valence-electron chi connectivity index (χ1n) is 9.78. The number of nitrogens with one attached hydrogen (secondary N) is 1. The first-order chi connectivity index (χ1) is 12.7. The highest BCUT2D eigenvalue weighted by molar-refractivity contribution is 7.87. The first-order valence-corrected chi connectivity index (χ1v) is 10.9. The van der Waals surface area contributed by atoms with Gasteiger partial charge in [0.1, 0.15) is 22.2 Å². The monoisotopic (exact) mass is 365 g/mol. The topological polar surface area (TPSA) is 42.2 Å². The second-order valence-electron chi connectivity index (χ2n) is 8.78. The molecular weight excluding hydrogens is 342 g/mol. The second kappa shape index (κ2) is 5.35. The molecule has 3 nitrogen and oxygen atoms in total. The van der Waals surface area contributed by atoms with E-state index in [0.29, 0.717) is 0 Å². The molecule has 1 atom stereocenters. The van der Waals surface area contributed by atoms with Crippen LogP contribution in [0.2, 0.25) is 0 Å². The van der Waals surface area contributed by atoms with Gasteiger partial charge in [0.05, 0.1) is 10.4 Å². The van der Waals surface area contributed by atoms with Crippen LogP contribution in [0.5, 0.6) is 0 Å². The molecule has 4 aliphatic rings. The van der Waals surface area contributed by atoms with Crippen molar-refractivity contribution in [2.24, 2.45) is 17.8 Å². The maximum absolute atomic E-state index is 13.3. The number of hydrogen-bond donors (Lipinski definition) is 1. The number of anilines is 1. The third kappa shape index (κ3) is 2.21. The largest absolute Gasteiger partial charge is 0.456 e. The van der Waals surface area contributed by atoms with E-state index in [4.69, 9.17) is 4.42 Å². The summed E-state index contributed by atoms with van der Waals surface area (Å²) in [4.78, 5) is 0. The van der Waals surface area contributed by atoms with Crippen LogP contribution in [-0.2, 0) is 11.0 Å². The van der Waals surface area contributed by atoms with Gasteiger partial charge in [0.2, 0.25) is 0 Å². The maximum Gasteiger partial charge on any atom is 0.137 e. The van der Waals surface area contributed by atoms with E-state index in [-0.39, 0.29) is 4.75 Å². The Hall–Kier alpha value is -1.81.